The third-order valence-electron chi connectivity index (χ3n) is 4.75. The zero-order chi connectivity index (χ0) is 11.4. The molecule has 3 fully saturated rings. The maximum atomic E-state index is 11.0. The first-order valence-electron chi connectivity index (χ1n) is 5.86. The Balaban J connectivity index is 1.77. The Morgan fingerprint density at radius 2 is 1.81 bits per heavy atom. The fourth-order valence-electron chi connectivity index (χ4n) is 3.69. The quantitative estimate of drug-likeness (QED) is 0.843. The maximum Gasteiger partial charge on any atom is 0.306 e. The lowest BCUT2D eigenvalue weighted by Gasteiger charge is -2.72. The fourth-order valence-corrected chi connectivity index (χ4v) is 3.69. The predicted molar refractivity (Wildman–Crippen MR) is 61.2 cm³/mol. The van der Waals surface area contributed by atoms with Gasteiger partial charge in [0.25, 0.3) is 0 Å². The van der Waals surface area contributed by atoms with Crippen LogP contribution in [0.25, 0.3) is 0 Å². The van der Waals surface area contributed by atoms with Gasteiger partial charge in [-0.3, -0.25) is 4.79 Å². The topological polar surface area (TPSA) is 37.3 Å². The summed E-state index contributed by atoms with van der Waals surface area (Å²) in [5.41, 5.74) is 1.83. The Kier molecular flexibility index (Phi) is 1.78. The Bertz CT molecular complexity index is 416. The van der Waals surface area contributed by atoms with E-state index in [0.717, 1.165) is 19.3 Å². The molecule has 1 N–H and O–H groups in total. The first-order valence-corrected chi connectivity index (χ1v) is 5.86. The Morgan fingerprint density at radius 3 is 2.31 bits per heavy atom. The smallest absolute Gasteiger partial charge is 0.306 e. The maximum absolute atomic E-state index is 11.0. The first-order chi connectivity index (χ1) is 7.58. The minimum Gasteiger partial charge on any atom is -0.481 e. The van der Waals surface area contributed by atoms with Crippen molar-refractivity contribution in [2.75, 3.05) is 0 Å². The van der Waals surface area contributed by atoms with Crippen LogP contribution in [0.3, 0.4) is 0 Å². The van der Waals surface area contributed by atoms with Gasteiger partial charge in [0.1, 0.15) is 0 Å². The molecule has 1 aromatic carbocycles. The summed E-state index contributed by atoms with van der Waals surface area (Å²) in [6.45, 7) is 1.86. The second kappa shape index (κ2) is 2.88. The molecular formula is C14H16O2. The number of carboxylic acid groups (broad SMARTS) is 1. The van der Waals surface area contributed by atoms with E-state index in [1.165, 1.54) is 5.56 Å². The van der Waals surface area contributed by atoms with E-state index in [4.69, 9.17) is 5.11 Å². The molecule has 1 atom stereocenters. The number of rotatable bonds is 3. The summed E-state index contributed by atoms with van der Waals surface area (Å²) in [6, 6.07) is 10.5. The normalized spacial score (nSPS) is 37.1. The van der Waals surface area contributed by atoms with Crippen LogP contribution in [0.5, 0.6) is 0 Å². The van der Waals surface area contributed by atoms with Gasteiger partial charge < -0.3 is 5.11 Å². The van der Waals surface area contributed by atoms with Crippen molar-refractivity contribution in [3.05, 3.63) is 35.9 Å². The largest absolute Gasteiger partial charge is 0.481 e. The van der Waals surface area contributed by atoms with Crippen LogP contribution in [0.4, 0.5) is 0 Å². The molecule has 1 unspecified atom stereocenters. The van der Waals surface area contributed by atoms with E-state index in [1.54, 1.807) is 0 Å². The molecule has 0 spiro atoms. The first kappa shape index (κ1) is 9.88. The number of carbonyl (C=O) groups is 1. The van der Waals surface area contributed by atoms with Gasteiger partial charge in [0.15, 0.2) is 0 Å². The number of benzene rings is 1. The van der Waals surface area contributed by atoms with E-state index in [-0.39, 0.29) is 11.3 Å². The molecule has 0 aromatic heterocycles. The van der Waals surface area contributed by atoms with Gasteiger partial charge in [-0.1, -0.05) is 37.3 Å². The van der Waals surface area contributed by atoms with E-state index in [0.29, 0.717) is 5.41 Å². The number of aliphatic carboxylic acids is 1. The SMILES string of the molecule is CC(C(=O)O)C12CC(c3ccccc3)(C1)C2. The van der Waals surface area contributed by atoms with Crippen LogP contribution in [-0.4, -0.2) is 11.1 Å². The second-order valence-corrected chi connectivity index (χ2v) is 5.60. The van der Waals surface area contributed by atoms with Crippen LogP contribution >= 0.6 is 0 Å². The molecule has 0 heterocycles. The molecule has 2 nitrogen and oxygen atoms in total. The summed E-state index contributed by atoms with van der Waals surface area (Å²) >= 11 is 0. The van der Waals surface area contributed by atoms with Gasteiger partial charge in [0.2, 0.25) is 0 Å². The molecule has 0 saturated heterocycles. The van der Waals surface area contributed by atoms with Crippen molar-refractivity contribution in [1.29, 1.82) is 0 Å². The molecule has 3 saturated carbocycles. The van der Waals surface area contributed by atoms with Crippen LogP contribution in [-0.2, 0) is 10.2 Å². The molecule has 3 aliphatic carbocycles. The molecule has 0 amide bonds. The van der Waals surface area contributed by atoms with Crippen LogP contribution in [0.2, 0.25) is 0 Å². The van der Waals surface area contributed by atoms with Gasteiger partial charge in [-0.2, -0.15) is 0 Å². The van der Waals surface area contributed by atoms with Crippen molar-refractivity contribution in [2.45, 2.75) is 31.6 Å². The standard InChI is InChI=1S/C14H16O2/c1-10(12(15)16)13-7-14(8-13,9-13)11-5-3-2-4-6-11/h2-6,10H,7-9H2,1H3,(H,15,16). The molecule has 4 rings (SSSR count). The molecule has 3 aliphatic rings. The molecule has 2 heteroatoms. The fraction of sp³-hybridized carbons (Fsp3) is 0.500. The summed E-state index contributed by atoms with van der Waals surface area (Å²) in [7, 11) is 0. The van der Waals surface area contributed by atoms with Crippen LogP contribution in [0.1, 0.15) is 31.7 Å². The minimum absolute atomic E-state index is 0.113. The van der Waals surface area contributed by atoms with Crippen LogP contribution < -0.4 is 0 Å². The van der Waals surface area contributed by atoms with Gasteiger partial charge >= 0.3 is 5.97 Å². The van der Waals surface area contributed by atoms with E-state index >= 15 is 0 Å². The number of hydrogen-bond acceptors (Lipinski definition) is 1. The van der Waals surface area contributed by atoms with Crippen molar-refractivity contribution in [1.82, 2.24) is 0 Å². The molecular weight excluding hydrogens is 200 g/mol. The van der Waals surface area contributed by atoms with Crippen LogP contribution in [0.15, 0.2) is 30.3 Å². The summed E-state index contributed by atoms with van der Waals surface area (Å²) in [6.07, 6.45) is 3.20. The van der Waals surface area contributed by atoms with Crippen LogP contribution in [0, 0.1) is 11.3 Å². The molecule has 0 radical (unpaired) electrons. The van der Waals surface area contributed by atoms with Crippen molar-refractivity contribution in [3.8, 4) is 0 Å². The monoisotopic (exact) mass is 216 g/mol. The highest BCUT2D eigenvalue weighted by Crippen LogP contribution is 2.76. The zero-order valence-electron chi connectivity index (χ0n) is 9.44. The highest BCUT2D eigenvalue weighted by atomic mass is 16.4. The number of hydrogen-bond donors (Lipinski definition) is 1. The highest BCUT2D eigenvalue weighted by Gasteiger charge is 2.70. The average Bonchev–Trinajstić information content (AvgIpc) is 2.15. The summed E-state index contributed by atoms with van der Waals surface area (Å²) in [5.74, 6) is -0.820. The van der Waals surface area contributed by atoms with Crippen molar-refractivity contribution in [3.63, 3.8) is 0 Å². The van der Waals surface area contributed by atoms with Gasteiger partial charge in [-0.25, -0.2) is 0 Å². The third-order valence-corrected chi connectivity index (χ3v) is 4.75. The van der Waals surface area contributed by atoms with Gasteiger partial charge in [-0.15, -0.1) is 0 Å². The van der Waals surface area contributed by atoms with E-state index in [9.17, 15) is 4.79 Å². The van der Waals surface area contributed by atoms with Crippen molar-refractivity contribution < 1.29 is 9.90 Å². The van der Waals surface area contributed by atoms with Crippen molar-refractivity contribution in [2.24, 2.45) is 11.3 Å². The van der Waals surface area contributed by atoms with Crippen molar-refractivity contribution >= 4 is 5.97 Å². The molecule has 2 bridgehead atoms. The Hall–Kier alpha value is -1.31. The Morgan fingerprint density at radius 1 is 1.25 bits per heavy atom. The summed E-state index contributed by atoms with van der Waals surface area (Å²) in [4.78, 5) is 11.0. The predicted octanol–water partition coefficient (Wildman–Crippen LogP) is 2.83. The molecule has 0 aliphatic heterocycles. The van der Waals surface area contributed by atoms with Gasteiger partial charge in [0, 0.05) is 0 Å². The second-order valence-electron chi connectivity index (χ2n) is 5.60. The van der Waals surface area contributed by atoms with E-state index in [1.807, 2.05) is 13.0 Å². The summed E-state index contributed by atoms with van der Waals surface area (Å²) < 4.78 is 0. The highest BCUT2D eigenvalue weighted by molar-refractivity contribution is 5.72. The average molecular weight is 216 g/mol. The molecule has 1 aromatic rings. The minimum atomic E-state index is -0.638. The van der Waals surface area contributed by atoms with Gasteiger partial charge in [0.05, 0.1) is 5.92 Å². The molecule has 84 valence electrons. The lowest BCUT2D eigenvalue weighted by molar-refractivity contribution is -0.193. The summed E-state index contributed by atoms with van der Waals surface area (Å²) in [5, 5.41) is 9.06. The van der Waals surface area contributed by atoms with E-state index < -0.39 is 5.97 Å². The third kappa shape index (κ3) is 1.05. The Labute approximate surface area is 95.3 Å². The van der Waals surface area contributed by atoms with Gasteiger partial charge in [-0.05, 0) is 35.7 Å². The number of carboxylic acids is 1. The zero-order valence-corrected chi connectivity index (χ0v) is 9.44. The lowest BCUT2D eigenvalue weighted by atomic mass is 9.31. The lowest BCUT2D eigenvalue weighted by Crippen LogP contribution is -2.68. The van der Waals surface area contributed by atoms with E-state index in [2.05, 4.69) is 24.3 Å². The molecule has 16 heavy (non-hydrogen) atoms.